The van der Waals surface area contributed by atoms with E-state index in [1.807, 2.05) is 11.5 Å². The maximum atomic E-state index is 13.1. The first-order valence-corrected chi connectivity index (χ1v) is 11.4. The lowest BCUT2D eigenvalue weighted by Crippen LogP contribution is -2.24. The van der Waals surface area contributed by atoms with Crippen LogP contribution in [-0.2, 0) is 17.5 Å². The number of thioether (sulfide) groups is 1. The van der Waals surface area contributed by atoms with E-state index in [-0.39, 0.29) is 23.1 Å². The quantitative estimate of drug-likeness (QED) is 0.447. The van der Waals surface area contributed by atoms with Crippen LogP contribution in [-0.4, -0.2) is 46.1 Å². The van der Waals surface area contributed by atoms with Gasteiger partial charge in [-0.3, -0.25) is 9.59 Å². The van der Waals surface area contributed by atoms with E-state index in [0.717, 1.165) is 36.7 Å². The first-order chi connectivity index (χ1) is 15.6. The molecule has 3 aromatic rings. The molecule has 1 N–H and O–H groups in total. The number of aryl methyl sites for hydroxylation is 1. The molecule has 0 saturated heterocycles. The van der Waals surface area contributed by atoms with Crippen molar-refractivity contribution >= 4 is 40.3 Å². The Morgan fingerprint density at radius 3 is 2.55 bits per heavy atom. The van der Waals surface area contributed by atoms with Gasteiger partial charge in [0.05, 0.1) is 33.6 Å². The zero-order valence-electron chi connectivity index (χ0n) is 18.6. The van der Waals surface area contributed by atoms with Crippen LogP contribution in [0.2, 0.25) is 0 Å². The van der Waals surface area contributed by atoms with E-state index in [4.69, 9.17) is 0 Å². The molecule has 1 heterocycles. The minimum atomic E-state index is -4.45. The average molecular weight is 479 g/mol. The number of carbonyl (C=O) groups is 2. The Morgan fingerprint density at radius 2 is 1.88 bits per heavy atom. The minimum Gasteiger partial charge on any atom is -0.345 e. The zero-order chi connectivity index (χ0) is 24.2. The summed E-state index contributed by atoms with van der Waals surface area (Å²) in [7, 11) is 3.25. The Kier molecular flexibility index (Phi) is 7.68. The number of alkyl halides is 3. The summed E-state index contributed by atoms with van der Waals surface area (Å²) < 4.78 is 41.2. The number of carbonyl (C=O) groups excluding carboxylic acids is 2. The van der Waals surface area contributed by atoms with Gasteiger partial charge in [0.25, 0.3) is 5.91 Å². The first-order valence-electron chi connectivity index (χ1n) is 10.4. The van der Waals surface area contributed by atoms with Crippen LogP contribution in [0.15, 0.2) is 47.6 Å². The number of halogens is 3. The Balaban J connectivity index is 1.80. The third-order valence-electron chi connectivity index (χ3n) is 4.95. The molecule has 0 unspecified atom stereocenters. The molecule has 0 aliphatic rings. The van der Waals surface area contributed by atoms with Crippen LogP contribution < -0.4 is 5.32 Å². The van der Waals surface area contributed by atoms with Gasteiger partial charge in [0.2, 0.25) is 5.91 Å². The summed E-state index contributed by atoms with van der Waals surface area (Å²) in [4.78, 5) is 30.8. The molecule has 0 radical (unpaired) electrons. The second kappa shape index (κ2) is 10.3. The fraction of sp³-hybridized carbons (Fsp3) is 0.348. The number of nitrogens with zero attached hydrogens (tertiary/aromatic N) is 3. The first kappa shape index (κ1) is 24.6. The number of nitrogens with one attached hydrogen (secondary N) is 1. The summed E-state index contributed by atoms with van der Waals surface area (Å²) in [6.45, 7) is 2.61. The lowest BCUT2D eigenvalue weighted by Gasteiger charge is -2.14. The van der Waals surface area contributed by atoms with Crippen molar-refractivity contribution < 1.29 is 22.8 Å². The lowest BCUT2D eigenvalue weighted by atomic mass is 10.1. The van der Waals surface area contributed by atoms with Gasteiger partial charge in [-0.15, -0.1) is 0 Å². The zero-order valence-corrected chi connectivity index (χ0v) is 19.4. The highest BCUT2D eigenvalue weighted by Gasteiger charge is 2.31. The van der Waals surface area contributed by atoms with Gasteiger partial charge in [0.15, 0.2) is 5.16 Å². The van der Waals surface area contributed by atoms with Gasteiger partial charge in [-0.05, 0) is 36.8 Å². The van der Waals surface area contributed by atoms with Crippen LogP contribution >= 0.6 is 11.8 Å². The van der Waals surface area contributed by atoms with Crippen LogP contribution in [0.1, 0.15) is 35.7 Å². The number of para-hydroxylation sites is 1. The molecule has 33 heavy (non-hydrogen) atoms. The summed E-state index contributed by atoms with van der Waals surface area (Å²) in [5.74, 6) is -0.587. The number of aromatic nitrogens is 2. The second-order valence-electron chi connectivity index (χ2n) is 7.68. The van der Waals surface area contributed by atoms with E-state index in [1.54, 1.807) is 38.4 Å². The highest BCUT2D eigenvalue weighted by atomic mass is 32.2. The molecule has 1 aromatic heterocycles. The largest absolute Gasteiger partial charge is 0.416 e. The van der Waals surface area contributed by atoms with Gasteiger partial charge in [0.1, 0.15) is 0 Å². The number of rotatable bonds is 8. The van der Waals surface area contributed by atoms with Crippen LogP contribution in [0, 0.1) is 0 Å². The number of hydrogen-bond donors (Lipinski definition) is 1. The van der Waals surface area contributed by atoms with Crippen molar-refractivity contribution in [1.29, 1.82) is 0 Å². The highest BCUT2D eigenvalue weighted by molar-refractivity contribution is 7.99. The van der Waals surface area contributed by atoms with Gasteiger partial charge in [-0.25, -0.2) is 4.98 Å². The van der Waals surface area contributed by atoms with E-state index >= 15 is 0 Å². The topological polar surface area (TPSA) is 67.2 Å². The van der Waals surface area contributed by atoms with Crippen molar-refractivity contribution in [2.75, 3.05) is 25.2 Å². The molecule has 0 saturated carbocycles. The number of benzene rings is 2. The standard InChI is InChI=1S/C23H25F3N4O2S/c1-4-5-12-30-19-11-10-15(23(24,25)26)13-18(19)28-22(30)33-14-20(31)27-17-9-7-6-8-16(17)21(32)29(2)3/h6-11,13H,4-5,12,14H2,1-3H3,(H,27,31). The van der Waals surface area contributed by atoms with Crippen LogP contribution in [0.4, 0.5) is 18.9 Å². The van der Waals surface area contributed by atoms with E-state index in [1.165, 1.54) is 11.0 Å². The molecule has 3 rings (SSSR count). The Labute approximate surface area is 194 Å². The fourth-order valence-electron chi connectivity index (χ4n) is 3.26. The monoisotopic (exact) mass is 478 g/mol. The molecule has 0 atom stereocenters. The molecule has 2 aromatic carbocycles. The SMILES string of the molecule is CCCCn1c(SCC(=O)Nc2ccccc2C(=O)N(C)C)nc2cc(C(F)(F)F)ccc21. The molecule has 176 valence electrons. The molecule has 0 aliphatic heterocycles. The summed E-state index contributed by atoms with van der Waals surface area (Å²) in [6, 6.07) is 10.2. The average Bonchev–Trinajstić information content (AvgIpc) is 3.12. The van der Waals surface area contributed by atoms with E-state index in [9.17, 15) is 22.8 Å². The summed E-state index contributed by atoms with van der Waals surface area (Å²) in [6.07, 6.45) is -2.72. The predicted molar refractivity (Wildman–Crippen MR) is 123 cm³/mol. The normalized spacial score (nSPS) is 11.6. The lowest BCUT2D eigenvalue weighted by molar-refractivity contribution is -0.137. The molecule has 0 spiro atoms. The minimum absolute atomic E-state index is 0.00787. The van der Waals surface area contributed by atoms with Crippen molar-refractivity contribution in [3.63, 3.8) is 0 Å². The van der Waals surface area contributed by atoms with Gasteiger partial charge in [-0.1, -0.05) is 37.2 Å². The number of fused-ring (bicyclic) bond motifs is 1. The molecule has 0 fully saturated rings. The second-order valence-corrected chi connectivity index (χ2v) is 8.63. The van der Waals surface area contributed by atoms with Crippen molar-refractivity contribution in [3.8, 4) is 0 Å². The molecule has 2 amide bonds. The Morgan fingerprint density at radius 1 is 1.15 bits per heavy atom. The van der Waals surface area contributed by atoms with Crippen molar-refractivity contribution in [3.05, 3.63) is 53.6 Å². The van der Waals surface area contributed by atoms with Crippen LogP contribution in [0.25, 0.3) is 11.0 Å². The Hall–Kier alpha value is -3.01. The summed E-state index contributed by atoms with van der Waals surface area (Å²) >= 11 is 1.15. The fourth-order valence-corrected chi connectivity index (χ4v) is 4.10. The van der Waals surface area contributed by atoms with Gasteiger partial charge >= 0.3 is 6.18 Å². The van der Waals surface area contributed by atoms with Crippen molar-refractivity contribution in [1.82, 2.24) is 14.5 Å². The smallest absolute Gasteiger partial charge is 0.345 e. The van der Waals surface area contributed by atoms with Crippen LogP contribution in [0.3, 0.4) is 0 Å². The number of amides is 2. The van der Waals surface area contributed by atoms with Gasteiger partial charge in [-0.2, -0.15) is 13.2 Å². The van der Waals surface area contributed by atoms with E-state index < -0.39 is 11.7 Å². The molecule has 6 nitrogen and oxygen atoms in total. The summed E-state index contributed by atoms with van der Waals surface area (Å²) in [5.41, 5.74) is 0.852. The number of hydrogen-bond acceptors (Lipinski definition) is 4. The molecule has 10 heteroatoms. The summed E-state index contributed by atoms with van der Waals surface area (Å²) in [5, 5.41) is 3.23. The van der Waals surface area contributed by atoms with Gasteiger partial charge < -0.3 is 14.8 Å². The third kappa shape index (κ3) is 5.87. The van der Waals surface area contributed by atoms with Crippen molar-refractivity contribution in [2.45, 2.75) is 37.6 Å². The Bertz CT molecular complexity index is 1160. The molecule has 0 aliphatic carbocycles. The molecular weight excluding hydrogens is 453 g/mol. The van der Waals surface area contributed by atoms with Gasteiger partial charge in [0, 0.05) is 20.6 Å². The van der Waals surface area contributed by atoms with E-state index in [2.05, 4.69) is 10.3 Å². The number of unbranched alkanes of at least 4 members (excludes halogenated alkanes) is 1. The maximum Gasteiger partial charge on any atom is 0.416 e. The van der Waals surface area contributed by atoms with E-state index in [0.29, 0.717) is 28.5 Å². The molecular formula is C23H25F3N4O2S. The predicted octanol–water partition coefficient (Wildman–Crippen LogP) is 5.29. The van der Waals surface area contributed by atoms with Crippen LogP contribution in [0.5, 0.6) is 0 Å². The molecule has 0 bridgehead atoms. The highest BCUT2D eigenvalue weighted by Crippen LogP contribution is 2.33. The third-order valence-corrected chi connectivity index (χ3v) is 5.92. The maximum absolute atomic E-state index is 13.1. The number of anilines is 1. The van der Waals surface area contributed by atoms with Crippen molar-refractivity contribution in [2.24, 2.45) is 0 Å². The number of imidazole rings is 1.